The highest BCUT2D eigenvalue weighted by molar-refractivity contribution is 5.85. The number of anilines is 3. The fourth-order valence-electron chi connectivity index (χ4n) is 1.68. The van der Waals surface area contributed by atoms with Crippen molar-refractivity contribution in [1.29, 1.82) is 0 Å². The molecule has 0 aromatic heterocycles. The van der Waals surface area contributed by atoms with Crippen LogP contribution < -0.4 is 17.2 Å². The van der Waals surface area contributed by atoms with Crippen molar-refractivity contribution in [3.8, 4) is 0 Å². The van der Waals surface area contributed by atoms with E-state index in [-0.39, 0.29) is 0 Å². The molecule has 3 nitrogen and oxygen atoms in total. The highest BCUT2D eigenvalue weighted by atomic mass is 19.4. The Morgan fingerprint density at radius 2 is 0.667 bits per heavy atom. The lowest BCUT2D eigenvalue weighted by Gasteiger charge is -2.25. The van der Waals surface area contributed by atoms with E-state index in [0.717, 1.165) is 0 Å². The smallest absolute Gasteiger partial charge is 0.396 e. The third-order valence-electron chi connectivity index (χ3n) is 2.47. The summed E-state index contributed by atoms with van der Waals surface area (Å²) < 4.78 is 114. The van der Waals surface area contributed by atoms with Gasteiger partial charge >= 0.3 is 18.5 Å². The predicted molar refractivity (Wildman–Crippen MR) is 54.7 cm³/mol. The molecule has 0 saturated carbocycles. The number of alkyl halides is 9. The topological polar surface area (TPSA) is 78.1 Å². The number of benzene rings is 1. The summed E-state index contributed by atoms with van der Waals surface area (Å²) >= 11 is 0. The average molecular weight is 327 g/mol. The second kappa shape index (κ2) is 4.49. The molecule has 0 fully saturated rings. The molecule has 0 aliphatic heterocycles. The first kappa shape index (κ1) is 17.0. The summed E-state index contributed by atoms with van der Waals surface area (Å²) in [5.41, 5.74) is 1.18. The highest BCUT2D eigenvalue weighted by Crippen LogP contribution is 2.53. The van der Waals surface area contributed by atoms with Crippen molar-refractivity contribution in [2.24, 2.45) is 0 Å². The predicted octanol–water partition coefficient (Wildman–Crippen LogP) is 3.49. The zero-order chi connectivity index (χ0) is 17.0. The van der Waals surface area contributed by atoms with Crippen LogP contribution in [0.3, 0.4) is 0 Å². The molecule has 1 aromatic carbocycles. The van der Waals surface area contributed by atoms with E-state index >= 15 is 0 Å². The Balaban J connectivity index is 4.12. The summed E-state index contributed by atoms with van der Waals surface area (Å²) in [5, 5.41) is 0. The molecule has 0 spiro atoms. The van der Waals surface area contributed by atoms with Gasteiger partial charge in [-0.25, -0.2) is 0 Å². The van der Waals surface area contributed by atoms with Crippen LogP contribution in [0.1, 0.15) is 16.7 Å². The Hall–Kier alpha value is -2.01. The number of nitrogens with two attached hydrogens (primary N) is 3. The Bertz CT molecular complexity index is 527. The molecule has 0 aliphatic rings. The molecule has 0 bridgehead atoms. The molecule has 120 valence electrons. The van der Waals surface area contributed by atoms with Gasteiger partial charge in [-0.3, -0.25) is 0 Å². The molecule has 1 aromatic rings. The number of rotatable bonds is 0. The molecule has 1 rings (SSSR count). The van der Waals surface area contributed by atoms with E-state index in [4.69, 9.17) is 17.2 Å². The summed E-state index contributed by atoms with van der Waals surface area (Å²) in [6.07, 6.45) is -17.6. The number of nitrogen functional groups attached to an aromatic ring is 3. The molecule has 0 saturated heterocycles. The average Bonchev–Trinajstić information content (AvgIpc) is 2.19. The van der Waals surface area contributed by atoms with Crippen LogP contribution in [0, 0.1) is 0 Å². The van der Waals surface area contributed by atoms with Gasteiger partial charge in [0.1, 0.15) is 0 Å². The summed E-state index contributed by atoms with van der Waals surface area (Å²) in [7, 11) is 0. The van der Waals surface area contributed by atoms with Gasteiger partial charge in [0.15, 0.2) is 0 Å². The zero-order valence-corrected chi connectivity index (χ0v) is 9.63. The lowest BCUT2D eigenvalue weighted by Crippen LogP contribution is -2.27. The van der Waals surface area contributed by atoms with E-state index in [1.165, 1.54) is 0 Å². The molecule has 0 heterocycles. The quantitative estimate of drug-likeness (QED) is 0.504. The minimum absolute atomic E-state index is 1.41. The molecule has 0 atom stereocenters. The third kappa shape index (κ3) is 2.88. The van der Waals surface area contributed by atoms with Crippen molar-refractivity contribution in [2.75, 3.05) is 17.2 Å². The van der Waals surface area contributed by atoms with Gasteiger partial charge < -0.3 is 17.2 Å². The van der Waals surface area contributed by atoms with Gasteiger partial charge in [0.05, 0.1) is 33.8 Å². The minimum Gasteiger partial charge on any atom is -0.396 e. The van der Waals surface area contributed by atoms with Gasteiger partial charge in [0, 0.05) is 0 Å². The van der Waals surface area contributed by atoms with E-state index in [1.807, 2.05) is 0 Å². The van der Waals surface area contributed by atoms with Crippen LogP contribution in [0.2, 0.25) is 0 Å². The van der Waals surface area contributed by atoms with Crippen molar-refractivity contribution < 1.29 is 39.5 Å². The van der Waals surface area contributed by atoms with Gasteiger partial charge in [0.25, 0.3) is 0 Å². The number of hydrogen-bond donors (Lipinski definition) is 3. The van der Waals surface area contributed by atoms with Crippen molar-refractivity contribution in [3.63, 3.8) is 0 Å². The largest absolute Gasteiger partial charge is 0.419 e. The monoisotopic (exact) mass is 327 g/mol. The molecule has 6 N–H and O–H groups in total. The van der Waals surface area contributed by atoms with Gasteiger partial charge in [-0.15, -0.1) is 0 Å². The van der Waals surface area contributed by atoms with Crippen LogP contribution in [0.25, 0.3) is 0 Å². The van der Waals surface area contributed by atoms with Gasteiger partial charge in [0.2, 0.25) is 0 Å². The second-order valence-electron chi connectivity index (χ2n) is 3.86. The van der Waals surface area contributed by atoms with Crippen LogP contribution in [-0.2, 0) is 18.5 Å². The van der Waals surface area contributed by atoms with Crippen molar-refractivity contribution in [1.82, 2.24) is 0 Å². The molecule has 12 heteroatoms. The van der Waals surface area contributed by atoms with Crippen molar-refractivity contribution in [2.45, 2.75) is 18.5 Å². The van der Waals surface area contributed by atoms with Crippen LogP contribution in [-0.4, -0.2) is 0 Å². The molecule has 0 amide bonds. The first-order chi connectivity index (χ1) is 9.10. The molecular formula is C9H6F9N3. The van der Waals surface area contributed by atoms with E-state index in [2.05, 4.69) is 0 Å². The van der Waals surface area contributed by atoms with E-state index in [0.29, 0.717) is 0 Å². The molecular weight excluding hydrogens is 321 g/mol. The Morgan fingerprint density at radius 3 is 0.857 bits per heavy atom. The van der Waals surface area contributed by atoms with E-state index < -0.39 is 52.3 Å². The fraction of sp³-hybridized carbons (Fsp3) is 0.333. The zero-order valence-electron chi connectivity index (χ0n) is 9.63. The van der Waals surface area contributed by atoms with Gasteiger partial charge in [-0.2, -0.15) is 39.5 Å². The lowest BCUT2D eigenvalue weighted by atomic mass is 9.94. The molecule has 21 heavy (non-hydrogen) atoms. The first-order valence-electron chi connectivity index (χ1n) is 4.82. The summed E-state index contributed by atoms with van der Waals surface area (Å²) in [4.78, 5) is 0. The van der Waals surface area contributed by atoms with Crippen molar-refractivity contribution in [3.05, 3.63) is 16.7 Å². The Labute approximate surface area is 110 Å². The number of halogens is 9. The summed E-state index contributed by atoms with van der Waals surface area (Å²) in [6, 6.07) is 0. The van der Waals surface area contributed by atoms with Gasteiger partial charge in [-0.05, 0) is 0 Å². The summed E-state index contributed by atoms with van der Waals surface area (Å²) in [6.45, 7) is 0. The third-order valence-corrected chi connectivity index (χ3v) is 2.47. The van der Waals surface area contributed by atoms with Crippen LogP contribution in [0.15, 0.2) is 0 Å². The maximum atomic E-state index is 12.7. The maximum absolute atomic E-state index is 12.7. The molecule has 0 unspecified atom stereocenters. The number of hydrogen-bond acceptors (Lipinski definition) is 3. The first-order valence-corrected chi connectivity index (χ1v) is 4.82. The van der Waals surface area contributed by atoms with Gasteiger partial charge in [-0.1, -0.05) is 0 Å². The highest BCUT2D eigenvalue weighted by Gasteiger charge is 2.53. The molecule has 0 radical (unpaired) electrons. The van der Waals surface area contributed by atoms with Crippen LogP contribution in [0.4, 0.5) is 56.6 Å². The Kier molecular flexibility index (Phi) is 3.65. The standard InChI is InChI=1S/C9H6F9N3/c10-7(11,12)1-2(8(13,14)15)4(19)6(21)5(20)3(1)9(16,17)18/h19-21H2. The van der Waals surface area contributed by atoms with Crippen molar-refractivity contribution >= 4 is 17.1 Å². The maximum Gasteiger partial charge on any atom is 0.419 e. The SMILES string of the molecule is Nc1c(N)c(C(F)(F)F)c(C(F)(F)F)c(C(F)(F)F)c1N. The van der Waals surface area contributed by atoms with Crippen LogP contribution in [0.5, 0.6) is 0 Å². The minimum atomic E-state index is -5.99. The summed E-state index contributed by atoms with van der Waals surface area (Å²) in [5.74, 6) is 0. The van der Waals surface area contributed by atoms with E-state index in [9.17, 15) is 39.5 Å². The molecule has 0 aliphatic carbocycles. The fourth-order valence-corrected chi connectivity index (χ4v) is 1.68. The van der Waals surface area contributed by atoms with Crippen LogP contribution >= 0.6 is 0 Å². The second-order valence-corrected chi connectivity index (χ2v) is 3.86. The Morgan fingerprint density at radius 1 is 0.429 bits per heavy atom. The lowest BCUT2D eigenvalue weighted by molar-refractivity contribution is -0.173. The normalized spacial score (nSPS) is 13.6. The van der Waals surface area contributed by atoms with E-state index in [1.54, 1.807) is 0 Å².